The van der Waals surface area contributed by atoms with Gasteiger partial charge in [-0.1, -0.05) is 13.8 Å². The van der Waals surface area contributed by atoms with Crippen molar-refractivity contribution in [2.75, 3.05) is 0 Å². The molecule has 0 fully saturated rings. The molecule has 0 spiro atoms. The van der Waals surface area contributed by atoms with Gasteiger partial charge in [0, 0.05) is 6.42 Å². The summed E-state index contributed by atoms with van der Waals surface area (Å²) in [6.07, 6.45) is -0.0400. The number of esters is 1. The van der Waals surface area contributed by atoms with Crippen LogP contribution in [0, 0.1) is 5.92 Å². The molecule has 0 unspecified atom stereocenters. The van der Waals surface area contributed by atoms with Crippen LogP contribution in [0.1, 0.15) is 47.5 Å². The van der Waals surface area contributed by atoms with Gasteiger partial charge in [0.15, 0.2) is 0 Å². The van der Waals surface area contributed by atoms with Crippen LogP contribution >= 0.6 is 0 Å². The second-order valence-electron chi connectivity index (χ2n) is 5.24. The van der Waals surface area contributed by atoms with Gasteiger partial charge >= 0.3 is 5.97 Å². The third-order valence-corrected chi connectivity index (χ3v) is 1.62. The van der Waals surface area contributed by atoms with E-state index in [2.05, 4.69) is 0 Å². The largest absolute Gasteiger partial charge is 0.454 e. The molecule has 92 valence electrons. The van der Waals surface area contributed by atoms with Crippen LogP contribution in [-0.2, 0) is 19.1 Å². The van der Waals surface area contributed by atoms with E-state index in [1.807, 2.05) is 13.8 Å². The molecular weight excluding hydrogens is 208 g/mol. The number of rotatable bonds is 5. The molecule has 0 amide bonds. The van der Waals surface area contributed by atoms with E-state index in [9.17, 15) is 14.4 Å². The van der Waals surface area contributed by atoms with Gasteiger partial charge in [-0.3, -0.25) is 9.59 Å². The fourth-order valence-corrected chi connectivity index (χ4v) is 1.11. The fraction of sp³-hybridized carbons (Fsp3) is 0.750. The minimum atomic E-state index is -0.926. The predicted molar refractivity (Wildman–Crippen MR) is 59.9 cm³/mol. The van der Waals surface area contributed by atoms with Crippen molar-refractivity contribution in [1.82, 2.24) is 0 Å². The monoisotopic (exact) mass is 228 g/mol. The maximum Gasteiger partial charge on any atom is 0.375 e. The summed E-state index contributed by atoms with van der Waals surface area (Å²) >= 11 is 0. The van der Waals surface area contributed by atoms with Crippen molar-refractivity contribution >= 4 is 17.5 Å². The first-order valence-corrected chi connectivity index (χ1v) is 5.39. The van der Waals surface area contributed by atoms with Crippen molar-refractivity contribution in [3.8, 4) is 0 Å². The van der Waals surface area contributed by atoms with E-state index < -0.39 is 17.4 Å². The molecule has 0 rings (SSSR count). The van der Waals surface area contributed by atoms with Crippen LogP contribution in [0.4, 0.5) is 0 Å². The highest BCUT2D eigenvalue weighted by Gasteiger charge is 2.24. The average Bonchev–Trinajstić information content (AvgIpc) is 1.98. The van der Waals surface area contributed by atoms with Crippen LogP contribution in [0.2, 0.25) is 0 Å². The van der Waals surface area contributed by atoms with Gasteiger partial charge in [0.1, 0.15) is 11.4 Å². The van der Waals surface area contributed by atoms with Crippen molar-refractivity contribution in [2.45, 2.75) is 53.1 Å². The summed E-state index contributed by atoms with van der Waals surface area (Å²) < 4.78 is 4.86. The van der Waals surface area contributed by atoms with Crippen LogP contribution in [-0.4, -0.2) is 23.1 Å². The van der Waals surface area contributed by atoms with Gasteiger partial charge in [-0.25, -0.2) is 4.79 Å². The molecule has 0 aliphatic heterocycles. The van der Waals surface area contributed by atoms with Gasteiger partial charge in [0.05, 0.1) is 6.42 Å². The van der Waals surface area contributed by atoms with Gasteiger partial charge in [-0.2, -0.15) is 0 Å². The summed E-state index contributed by atoms with van der Waals surface area (Å²) in [6, 6.07) is 0. The quantitative estimate of drug-likeness (QED) is 0.409. The molecule has 0 bridgehead atoms. The Bertz CT molecular complexity index is 284. The Kier molecular flexibility index (Phi) is 5.35. The van der Waals surface area contributed by atoms with Crippen LogP contribution in [0.5, 0.6) is 0 Å². The topological polar surface area (TPSA) is 60.4 Å². The zero-order valence-electron chi connectivity index (χ0n) is 10.6. The van der Waals surface area contributed by atoms with E-state index in [1.54, 1.807) is 20.8 Å². The number of carbonyl (C=O) groups is 3. The molecule has 0 radical (unpaired) electrons. The first kappa shape index (κ1) is 14.8. The maximum atomic E-state index is 11.3. The molecule has 0 saturated carbocycles. The number of ether oxygens (including phenoxy) is 1. The summed E-state index contributed by atoms with van der Waals surface area (Å²) in [4.78, 5) is 33.9. The van der Waals surface area contributed by atoms with Crippen LogP contribution in [0.3, 0.4) is 0 Å². The Morgan fingerprint density at radius 3 is 2.00 bits per heavy atom. The summed E-state index contributed by atoms with van der Waals surface area (Å²) in [5.74, 6) is -1.71. The highest BCUT2D eigenvalue weighted by Crippen LogP contribution is 2.09. The lowest BCUT2D eigenvalue weighted by Crippen LogP contribution is -2.30. The molecule has 0 aliphatic rings. The SMILES string of the molecule is CC(C)CC(=O)CC(=O)C(=O)OC(C)(C)C. The normalized spacial score (nSPS) is 11.4. The first-order chi connectivity index (χ1) is 7.11. The Balaban J connectivity index is 4.17. The third-order valence-electron chi connectivity index (χ3n) is 1.62. The maximum absolute atomic E-state index is 11.3. The minimum Gasteiger partial charge on any atom is -0.454 e. The first-order valence-electron chi connectivity index (χ1n) is 5.39. The number of hydrogen-bond donors (Lipinski definition) is 0. The van der Waals surface area contributed by atoms with E-state index in [0.29, 0.717) is 6.42 Å². The van der Waals surface area contributed by atoms with Crippen molar-refractivity contribution in [1.29, 1.82) is 0 Å². The number of hydrogen-bond acceptors (Lipinski definition) is 4. The molecule has 4 nitrogen and oxygen atoms in total. The molecule has 0 N–H and O–H groups in total. The van der Waals surface area contributed by atoms with Gasteiger partial charge < -0.3 is 4.74 Å². The second-order valence-corrected chi connectivity index (χ2v) is 5.24. The van der Waals surface area contributed by atoms with Gasteiger partial charge in [0.25, 0.3) is 0 Å². The summed E-state index contributed by atoms with van der Waals surface area (Å²) in [7, 11) is 0. The zero-order valence-corrected chi connectivity index (χ0v) is 10.6. The molecule has 0 aromatic heterocycles. The molecule has 0 aromatic rings. The highest BCUT2D eigenvalue weighted by atomic mass is 16.6. The van der Waals surface area contributed by atoms with Crippen molar-refractivity contribution in [3.05, 3.63) is 0 Å². The molecule has 0 atom stereocenters. The van der Waals surface area contributed by atoms with Gasteiger partial charge in [-0.15, -0.1) is 0 Å². The van der Waals surface area contributed by atoms with Crippen LogP contribution in [0.25, 0.3) is 0 Å². The molecule has 4 heteroatoms. The minimum absolute atomic E-state index is 0.193. The van der Waals surface area contributed by atoms with Gasteiger partial charge in [0.2, 0.25) is 5.78 Å². The molecule has 16 heavy (non-hydrogen) atoms. The van der Waals surface area contributed by atoms with Gasteiger partial charge in [-0.05, 0) is 26.7 Å². The lowest BCUT2D eigenvalue weighted by molar-refractivity contribution is -0.163. The number of ketones is 2. The van der Waals surface area contributed by atoms with Crippen LogP contribution in [0.15, 0.2) is 0 Å². The second kappa shape index (κ2) is 5.77. The Morgan fingerprint density at radius 2 is 1.62 bits per heavy atom. The summed E-state index contributed by atoms with van der Waals surface area (Å²) in [5.41, 5.74) is -0.701. The number of carbonyl (C=O) groups excluding carboxylic acids is 3. The lowest BCUT2D eigenvalue weighted by Gasteiger charge is -2.18. The Hall–Kier alpha value is -1.19. The van der Waals surface area contributed by atoms with E-state index in [4.69, 9.17) is 4.74 Å². The standard InChI is InChI=1S/C12H20O4/c1-8(2)6-9(13)7-10(14)11(15)16-12(3,4)5/h8H,6-7H2,1-5H3. The average molecular weight is 228 g/mol. The highest BCUT2D eigenvalue weighted by molar-refractivity contribution is 6.37. The van der Waals surface area contributed by atoms with E-state index >= 15 is 0 Å². The molecule has 0 heterocycles. The summed E-state index contributed by atoms with van der Waals surface area (Å²) in [5, 5.41) is 0. The smallest absolute Gasteiger partial charge is 0.375 e. The lowest BCUT2D eigenvalue weighted by atomic mass is 10.0. The summed E-state index contributed by atoms with van der Waals surface area (Å²) in [6.45, 7) is 8.79. The van der Waals surface area contributed by atoms with E-state index in [-0.39, 0.29) is 18.1 Å². The molecule has 0 aliphatic carbocycles. The third kappa shape index (κ3) is 7.15. The Morgan fingerprint density at radius 1 is 1.12 bits per heavy atom. The van der Waals surface area contributed by atoms with E-state index in [0.717, 1.165) is 0 Å². The predicted octanol–water partition coefficient (Wildman–Crippen LogP) is 1.90. The molecular formula is C12H20O4. The van der Waals surface area contributed by atoms with Crippen molar-refractivity contribution in [3.63, 3.8) is 0 Å². The Labute approximate surface area is 96.4 Å². The van der Waals surface area contributed by atoms with Crippen LogP contribution < -0.4 is 0 Å². The van der Waals surface area contributed by atoms with E-state index in [1.165, 1.54) is 0 Å². The van der Waals surface area contributed by atoms with Crippen molar-refractivity contribution < 1.29 is 19.1 Å². The molecule has 0 saturated heterocycles. The molecule has 0 aromatic carbocycles. The zero-order chi connectivity index (χ0) is 12.9. The van der Waals surface area contributed by atoms with Crippen molar-refractivity contribution in [2.24, 2.45) is 5.92 Å². The number of Topliss-reactive ketones (excluding diaryl/α,β-unsaturated/α-hetero) is 2. The fourth-order valence-electron chi connectivity index (χ4n) is 1.11.